The van der Waals surface area contributed by atoms with Gasteiger partial charge in [-0.3, -0.25) is 0 Å². The molecule has 1 N–H and O–H groups in total. The van der Waals surface area contributed by atoms with Crippen molar-refractivity contribution in [3.63, 3.8) is 0 Å². The molecule has 2 rings (SSSR count). The highest BCUT2D eigenvalue weighted by Gasteiger charge is 2.09. The summed E-state index contributed by atoms with van der Waals surface area (Å²) in [6, 6.07) is 13.3. The van der Waals surface area contributed by atoms with Crippen molar-refractivity contribution in [3.8, 4) is 17.6 Å². The molecule has 106 valence electrons. The van der Waals surface area contributed by atoms with Gasteiger partial charge in [0, 0.05) is 3.57 Å². The van der Waals surface area contributed by atoms with Crippen LogP contribution in [0.5, 0.6) is 11.5 Å². The van der Waals surface area contributed by atoms with Gasteiger partial charge in [-0.05, 0) is 80.0 Å². The van der Waals surface area contributed by atoms with Crippen LogP contribution in [0.2, 0.25) is 0 Å². The lowest BCUT2D eigenvalue weighted by atomic mass is 10.0. The zero-order valence-corrected chi connectivity index (χ0v) is 14.8. The minimum Gasteiger partial charge on any atom is -0.503 e. The molecule has 0 radical (unpaired) electrons. The van der Waals surface area contributed by atoms with Gasteiger partial charge in [-0.15, -0.1) is 0 Å². The molecule has 0 aromatic heterocycles. The summed E-state index contributed by atoms with van der Waals surface area (Å²) in [4.78, 5) is 0. The number of benzene rings is 2. The van der Waals surface area contributed by atoms with Crippen molar-refractivity contribution in [2.75, 3.05) is 7.11 Å². The first kappa shape index (κ1) is 15.9. The van der Waals surface area contributed by atoms with E-state index in [9.17, 15) is 10.4 Å². The number of hydrogen-bond acceptors (Lipinski definition) is 3. The number of rotatable bonds is 3. The van der Waals surface area contributed by atoms with Gasteiger partial charge < -0.3 is 9.84 Å². The number of hydrogen-bond donors (Lipinski definition) is 1. The van der Waals surface area contributed by atoms with Crippen LogP contribution in [0.3, 0.4) is 0 Å². The first-order chi connectivity index (χ1) is 10.0. The molecule has 0 unspecified atom stereocenters. The highest BCUT2D eigenvalue weighted by Crippen LogP contribution is 2.36. The highest BCUT2D eigenvalue weighted by molar-refractivity contribution is 14.1. The Morgan fingerprint density at radius 3 is 2.57 bits per heavy atom. The van der Waals surface area contributed by atoms with Gasteiger partial charge >= 0.3 is 0 Å². The van der Waals surface area contributed by atoms with Gasteiger partial charge in [-0.2, -0.15) is 5.26 Å². The molecule has 0 fully saturated rings. The Kier molecular flexibility index (Phi) is 5.26. The molecule has 0 amide bonds. The molecule has 0 atom stereocenters. The Labute approximate surface area is 145 Å². The Morgan fingerprint density at radius 1 is 1.33 bits per heavy atom. The molecule has 2 aromatic carbocycles. The lowest BCUT2D eigenvalue weighted by molar-refractivity contribution is 0.372. The van der Waals surface area contributed by atoms with E-state index in [1.54, 1.807) is 18.2 Å². The summed E-state index contributed by atoms with van der Waals surface area (Å²) in [6.07, 6.45) is 1.76. The van der Waals surface area contributed by atoms with E-state index in [-0.39, 0.29) is 5.75 Å². The van der Waals surface area contributed by atoms with E-state index in [1.165, 1.54) is 7.11 Å². The van der Waals surface area contributed by atoms with Crippen molar-refractivity contribution in [1.29, 1.82) is 5.26 Å². The quantitative estimate of drug-likeness (QED) is 0.409. The van der Waals surface area contributed by atoms with E-state index < -0.39 is 0 Å². The minimum absolute atomic E-state index is 0.0439. The highest BCUT2D eigenvalue weighted by atomic mass is 127. The number of phenolic OH excluding ortho intramolecular Hbond substituents is 1. The van der Waals surface area contributed by atoms with Crippen molar-refractivity contribution in [2.45, 2.75) is 0 Å². The fraction of sp³-hybridized carbons (Fsp3) is 0.0625. The van der Waals surface area contributed by atoms with Crippen molar-refractivity contribution < 1.29 is 9.84 Å². The maximum atomic E-state index is 9.80. The minimum atomic E-state index is 0.0439. The summed E-state index contributed by atoms with van der Waals surface area (Å²) in [6.45, 7) is 0. The molecule has 0 saturated heterocycles. The summed E-state index contributed by atoms with van der Waals surface area (Å²) >= 11 is 5.49. The van der Waals surface area contributed by atoms with Crippen LogP contribution in [0.15, 0.2) is 40.9 Å². The molecule has 0 heterocycles. The Morgan fingerprint density at radius 2 is 2.00 bits per heavy atom. The second-order valence-corrected chi connectivity index (χ2v) is 6.33. The van der Waals surface area contributed by atoms with Crippen LogP contribution >= 0.6 is 38.5 Å². The average molecular weight is 456 g/mol. The molecule has 0 aliphatic heterocycles. The van der Waals surface area contributed by atoms with Crippen LogP contribution in [-0.4, -0.2) is 12.2 Å². The largest absolute Gasteiger partial charge is 0.503 e. The second-order valence-electron chi connectivity index (χ2n) is 4.23. The van der Waals surface area contributed by atoms with Crippen LogP contribution in [0.4, 0.5) is 0 Å². The van der Waals surface area contributed by atoms with Crippen LogP contribution in [0.25, 0.3) is 11.6 Å². The maximum absolute atomic E-state index is 9.80. The lowest BCUT2D eigenvalue weighted by Gasteiger charge is -2.07. The standard InChI is InChI=1S/C16H11BrINO2/c1-21-15-8-10(7-14(17)16(15)20)6-12(9-19)11-2-4-13(18)5-3-11/h2-8,20H,1H3/b12-6-. The second kappa shape index (κ2) is 6.96. The predicted octanol–water partition coefficient (Wildman–Crippen LogP) is 4.83. The summed E-state index contributed by atoms with van der Waals surface area (Å²) in [5.41, 5.74) is 2.17. The number of methoxy groups -OCH3 is 1. The number of halogens is 2. The summed E-state index contributed by atoms with van der Waals surface area (Å²) in [7, 11) is 1.49. The molecular formula is C16H11BrINO2. The molecule has 21 heavy (non-hydrogen) atoms. The molecular weight excluding hydrogens is 445 g/mol. The average Bonchev–Trinajstić information content (AvgIpc) is 2.49. The number of phenols is 1. The third-order valence-electron chi connectivity index (χ3n) is 2.86. The number of ether oxygens (including phenoxy) is 1. The van der Waals surface area contributed by atoms with Gasteiger partial charge in [0.05, 0.1) is 23.2 Å². The fourth-order valence-corrected chi connectivity index (χ4v) is 2.63. The van der Waals surface area contributed by atoms with Crippen LogP contribution in [-0.2, 0) is 0 Å². The smallest absolute Gasteiger partial charge is 0.172 e. The number of nitrogens with zero attached hydrogens (tertiary/aromatic N) is 1. The van der Waals surface area contributed by atoms with Crippen LogP contribution < -0.4 is 4.74 Å². The number of allylic oxidation sites excluding steroid dienone is 1. The van der Waals surface area contributed by atoms with Crippen molar-refractivity contribution in [3.05, 3.63) is 55.6 Å². The SMILES string of the molecule is COc1cc(/C=C(/C#N)c2ccc(I)cc2)cc(Br)c1O. The topological polar surface area (TPSA) is 53.2 Å². The van der Waals surface area contributed by atoms with Crippen molar-refractivity contribution in [2.24, 2.45) is 0 Å². The van der Waals surface area contributed by atoms with Crippen molar-refractivity contribution >= 4 is 50.2 Å². The Bertz CT molecular complexity index is 733. The zero-order valence-electron chi connectivity index (χ0n) is 11.1. The summed E-state index contributed by atoms with van der Waals surface area (Å²) < 4.78 is 6.74. The fourth-order valence-electron chi connectivity index (χ4n) is 1.81. The predicted molar refractivity (Wildman–Crippen MR) is 95.0 cm³/mol. The zero-order chi connectivity index (χ0) is 15.4. The Hall–Kier alpha value is -1.52. The van der Waals surface area contributed by atoms with E-state index in [2.05, 4.69) is 44.6 Å². The van der Waals surface area contributed by atoms with E-state index in [0.717, 1.165) is 14.7 Å². The van der Waals surface area contributed by atoms with Gasteiger partial charge in [0.25, 0.3) is 0 Å². The summed E-state index contributed by atoms with van der Waals surface area (Å²) in [5, 5.41) is 19.2. The lowest BCUT2D eigenvalue weighted by Crippen LogP contribution is -1.87. The van der Waals surface area contributed by atoms with E-state index in [4.69, 9.17) is 4.74 Å². The third kappa shape index (κ3) is 3.77. The first-order valence-electron chi connectivity index (χ1n) is 5.99. The number of aromatic hydroxyl groups is 1. The van der Waals surface area contributed by atoms with Crippen LogP contribution in [0.1, 0.15) is 11.1 Å². The molecule has 5 heteroatoms. The molecule has 2 aromatic rings. The van der Waals surface area contributed by atoms with E-state index in [0.29, 0.717) is 15.8 Å². The molecule has 0 aliphatic carbocycles. The molecule has 3 nitrogen and oxygen atoms in total. The van der Waals surface area contributed by atoms with Gasteiger partial charge in [-0.1, -0.05) is 12.1 Å². The van der Waals surface area contributed by atoms with Crippen molar-refractivity contribution in [1.82, 2.24) is 0 Å². The van der Waals surface area contributed by atoms with E-state index >= 15 is 0 Å². The molecule has 0 saturated carbocycles. The monoisotopic (exact) mass is 455 g/mol. The van der Waals surface area contributed by atoms with Gasteiger partial charge in [0.15, 0.2) is 11.5 Å². The molecule has 0 spiro atoms. The number of nitriles is 1. The normalized spacial score (nSPS) is 11.0. The third-order valence-corrected chi connectivity index (χ3v) is 4.18. The van der Waals surface area contributed by atoms with Gasteiger partial charge in [-0.25, -0.2) is 0 Å². The maximum Gasteiger partial charge on any atom is 0.172 e. The van der Waals surface area contributed by atoms with Gasteiger partial charge in [0.2, 0.25) is 0 Å². The van der Waals surface area contributed by atoms with E-state index in [1.807, 2.05) is 24.3 Å². The summed E-state index contributed by atoms with van der Waals surface area (Å²) in [5.74, 6) is 0.401. The van der Waals surface area contributed by atoms with Gasteiger partial charge in [0.1, 0.15) is 0 Å². The van der Waals surface area contributed by atoms with Crippen LogP contribution in [0, 0.1) is 14.9 Å². The molecule has 0 aliphatic rings. The molecule has 0 bridgehead atoms. The Balaban J connectivity index is 2.48. The first-order valence-corrected chi connectivity index (χ1v) is 7.86.